The van der Waals surface area contributed by atoms with Crippen molar-refractivity contribution in [1.82, 2.24) is 19.8 Å². The molecular formula is C34H36F3N5O3. The first-order chi connectivity index (χ1) is 21.7. The van der Waals surface area contributed by atoms with E-state index in [1.807, 2.05) is 12.1 Å². The van der Waals surface area contributed by atoms with Crippen LogP contribution in [0.15, 0.2) is 67.0 Å². The van der Waals surface area contributed by atoms with Crippen molar-refractivity contribution in [2.75, 3.05) is 46.4 Å². The lowest BCUT2D eigenvalue weighted by molar-refractivity contribution is -0.137. The number of hydrogen-bond donors (Lipinski definition) is 1. The molecule has 45 heavy (non-hydrogen) atoms. The van der Waals surface area contributed by atoms with Crippen LogP contribution in [0.5, 0.6) is 11.5 Å². The smallest absolute Gasteiger partial charge is 0.416 e. The van der Waals surface area contributed by atoms with Gasteiger partial charge in [0.15, 0.2) is 11.5 Å². The summed E-state index contributed by atoms with van der Waals surface area (Å²) >= 11 is 0. The van der Waals surface area contributed by atoms with Crippen molar-refractivity contribution in [1.29, 1.82) is 0 Å². The number of piperazine rings is 1. The number of hydrogen-bond acceptors (Lipinski definition) is 7. The Kier molecular flexibility index (Phi) is 8.91. The standard InChI is InChI=1S/C34H36F3N5O3/c1-44-29-18-27-28(19-30(29)45-17-3-13-41-15-16-42-14-2-4-26(42)20-41)39-21-40-32(27)24-7-5-22(6-8-24)31(33(38)43)23-9-11-25(12-10-23)34(35,36)37/h5-12,18-19,21,26,31H,2-4,13-17,20H2,1H3,(H2,38,43). The molecule has 1 amide bonds. The van der Waals surface area contributed by atoms with E-state index in [-0.39, 0.29) is 0 Å². The van der Waals surface area contributed by atoms with Crippen molar-refractivity contribution in [2.24, 2.45) is 5.73 Å². The van der Waals surface area contributed by atoms with Crippen LogP contribution < -0.4 is 15.2 Å². The molecule has 3 heterocycles. The van der Waals surface area contributed by atoms with E-state index in [4.69, 9.17) is 15.2 Å². The quantitative estimate of drug-likeness (QED) is 0.235. The lowest BCUT2D eigenvalue weighted by Crippen LogP contribution is -2.50. The number of aromatic nitrogens is 2. The van der Waals surface area contributed by atoms with Gasteiger partial charge in [0.2, 0.25) is 5.91 Å². The number of alkyl halides is 3. The molecule has 1 aromatic heterocycles. The van der Waals surface area contributed by atoms with Gasteiger partial charge in [-0.25, -0.2) is 9.97 Å². The summed E-state index contributed by atoms with van der Waals surface area (Å²) in [5.74, 6) is -0.378. The van der Waals surface area contributed by atoms with Crippen molar-refractivity contribution in [3.05, 3.63) is 83.7 Å². The minimum Gasteiger partial charge on any atom is -0.493 e. The van der Waals surface area contributed by atoms with Gasteiger partial charge in [-0.15, -0.1) is 0 Å². The van der Waals surface area contributed by atoms with Crippen LogP contribution in [0, 0.1) is 0 Å². The minimum atomic E-state index is -4.47. The second kappa shape index (κ2) is 13.0. The fraction of sp³-hybridized carbons (Fsp3) is 0.382. The summed E-state index contributed by atoms with van der Waals surface area (Å²) in [6.45, 7) is 6.19. The number of amides is 1. The van der Waals surface area contributed by atoms with Crippen LogP contribution in [0.1, 0.15) is 41.9 Å². The van der Waals surface area contributed by atoms with Gasteiger partial charge in [-0.3, -0.25) is 9.69 Å². The summed E-state index contributed by atoms with van der Waals surface area (Å²) in [6, 6.07) is 16.0. The zero-order valence-corrected chi connectivity index (χ0v) is 25.1. The summed E-state index contributed by atoms with van der Waals surface area (Å²) < 4.78 is 50.9. The summed E-state index contributed by atoms with van der Waals surface area (Å²) in [7, 11) is 1.60. The van der Waals surface area contributed by atoms with Gasteiger partial charge in [-0.1, -0.05) is 36.4 Å². The van der Waals surface area contributed by atoms with Gasteiger partial charge < -0.3 is 20.1 Å². The molecule has 11 heteroatoms. The van der Waals surface area contributed by atoms with Gasteiger partial charge in [0.25, 0.3) is 0 Å². The highest BCUT2D eigenvalue weighted by Crippen LogP contribution is 2.37. The van der Waals surface area contributed by atoms with E-state index >= 15 is 0 Å². The first-order valence-corrected chi connectivity index (χ1v) is 15.2. The number of nitrogens with zero attached hydrogens (tertiary/aromatic N) is 4. The lowest BCUT2D eigenvalue weighted by atomic mass is 9.89. The number of primary amides is 1. The van der Waals surface area contributed by atoms with Gasteiger partial charge in [0.05, 0.1) is 36.4 Å². The molecule has 2 saturated heterocycles. The molecule has 2 atom stereocenters. The monoisotopic (exact) mass is 619 g/mol. The van der Waals surface area contributed by atoms with Crippen LogP contribution in [0.2, 0.25) is 0 Å². The second-order valence-corrected chi connectivity index (χ2v) is 11.7. The molecule has 0 spiro atoms. The number of ether oxygens (including phenoxy) is 2. The summed E-state index contributed by atoms with van der Waals surface area (Å²) in [5, 5.41) is 0.762. The van der Waals surface area contributed by atoms with Crippen molar-refractivity contribution in [2.45, 2.75) is 37.4 Å². The summed E-state index contributed by atoms with van der Waals surface area (Å²) in [4.78, 5) is 26.5. The largest absolute Gasteiger partial charge is 0.493 e. The van der Waals surface area contributed by atoms with Crippen molar-refractivity contribution in [3.63, 3.8) is 0 Å². The summed E-state index contributed by atoms with van der Waals surface area (Å²) in [5.41, 5.74) is 7.95. The Labute approximate surface area is 260 Å². The number of carbonyl (C=O) groups is 1. The SMILES string of the molecule is COc1cc2c(-c3ccc(C(C(N)=O)c4ccc(C(F)(F)F)cc4)cc3)ncnc2cc1OCCCN1CCN2CCCC2C1. The zero-order valence-electron chi connectivity index (χ0n) is 25.1. The van der Waals surface area contributed by atoms with Crippen LogP contribution in [-0.4, -0.2) is 78.2 Å². The number of carbonyl (C=O) groups excluding carboxylic acids is 1. The Balaban J connectivity index is 1.16. The molecule has 2 unspecified atom stereocenters. The average Bonchev–Trinajstić information content (AvgIpc) is 3.51. The molecule has 236 valence electrons. The Morgan fingerprint density at radius 2 is 1.73 bits per heavy atom. The van der Waals surface area contributed by atoms with Crippen LogP contribution in [-0.2, 0) is 11.0 Å². The minimum absolute atomic E-state index is 0.379. The molecule has 0 bridgehead atoms. The highest BCUT2D eigenvalue weighted by Gasteiger charge is 2.31. The molecule has 8 nitrogen and oxygen atoms in total. The number of benzene rings is 3. The van der Waals surface area contributed by atoms with E-state index in [1.165, 1.54) is 37.8 Å². The third-order valence-electron chi connectivity index (χ3n) is 8.84. The lowest BCUT2D eigenvalue weighted by Gasteiger charge is -2.37. The maximum atomic E-state index is 13.0. The van der Waals surface area contributed by atoms with Gasteiger partial charge in [-0.2, -0.15) is 13.2 Å². The van der Waals surface area contributed by atoms with Gasteiger partial charge in [0.1, 0.15) is 6.33 Å². The molecule has 2 aliphatic heterocycles. The fourth-order valence-corrected chi connectivity index (χ4v) is 6.51. The first kappa shape index (κ1) is 30.8. The van der Waals surface area contributed by atoms with Gasteiger partial charge in [0, 0.05) is 49.2 Å². The predicted octanol–water partition coefficient (Wildman–Crippen LogP) is 5.49. The third-order valence-corrected chi connectivity index (χ3v) is 8.84. The number of fused-ring (bicyclic) bond motifs is 2. The highest BCUT2D eigenvalue weighted by molar-refractivity contribution is 5.94. The van der Waals surface area contributed by atoms with Gasteiger partial charge >= 0.3 is 6.18 Å². The fourth-order valence-electron chi connectivity index (χ4n) is 6.51. The summed E-state index contributed by atoms with van der Waals surface area (Å²) in [6.07, 6.45) is 0.531. The highest BCUT2D eigenvalue weighted by atomic mass is 19.4. The van der Waals surface area contributed by atoms with E-state index in [0.717, 1.165) is 55.7 Å². The third kappa shape index (κ3) is 6.74. The first-order valence-electron chi connectivity index (χ1n) is 15.2. The Morgan fingerprint density at radius 1 is 1.00 bits per heavy atom. The molecule has 2 aliphatic rings. The molecule has 0 radical (unpaired) electrons. The predicted molar refractivity (Wildman–Crippen MR) is 165 cm³/mol. The maximum Gasteiger partial charge on any atom is 0.416 e. The molecule has 4 aromatic rings. The number of methoxy groups -OCH3 is 1. The van der Waals surface area contributed by atoms with Crippen LogP contribution >= 0.6 is 0 Å². The van der Waals surface area contributed by atoms with E-state index in [1.54, 1.807) is 31.4 Å². The normalized spacial score (nSPS) is 18.1. The number of rotatable bonds is 10. The molecule has 2 fully saturated rings. The van der Waals surface area contributed by atoms with Gasteiger partial charge in [-0.05, 0) is 55.1 Å². The Bertz CT molecular complexity index is 1650. The van der Waals surface area contributed by atoms with E-state index in [9.17, 15) is 18.0 Å². The number of nitrogens with two attached hydrogens (primary N) is 1. The van der Waals surface area contributed by atoms with Crippen molar-refractivity contribution >= 4 is 16.8 Å². The van der Waals surface area contributed by atoms with Crippen molar-refractivity contribution < 1.29 is 27.4 Å². The molecule has 6 rings (SSSR count). The second-order valence-electron chi connectivity index (χ2n) is 11.7. The van der Waals surface area contributed by atoms with Crippen molar-refractivity contribution in [3.8, 4) is 22.8 Å². The van der Waals surface area contributed by atoms with Crippen LogP contribution in [0.25, 0.3) is 22.2 Å². The molecule has 3 aromatic carbocycles. The van der Waals surface area contributed by atoms with Crippen LogP contribution in [0.4, 0.5) is 13.2 Å². The number of halogens is 3. The Hall–Kier alpha value is -4.22. The maximum absolute atomic E-state index is 13.0. The Morgan fingerprint density at radius 3 is 2.42 bits per heavy atom. The molecule has 0 aliphatic carbocycles. The molecule has 2 N–H and O–H groups in total. The molecule has 0 saturated carbocycles. The zero-order chi connectivity index (χ0) is 31.6. The van der Waals surface area contributed by atoms with E-state index in [2.05, 4.69) is 19.8 Å². The van der Waals surface area contributed by atoms with Crippen LogP contribution in [0.3, 0.4) is 0 Å². The topological polar surface area (TPSA) is 93.8 Å². The molecular weight excluding hydrogens is 583 g/mol. The average molecular weight is 620 g/mol. The van der Waals surface area contributed by atoms with E-state index < -0.39 is 23.6 Å². The van der Waals surface area contributed by atoms with E-state index in [0.29, 0.717) is 46.5 Å².